The minimum Gasteiger partial charge on any atom is -0.350 e. The standard InChI is InChI=1S/C13H15Cl2N3OS/c1-13(2,3)17-11(19)6-18-10-5-8(15)7(14)4-9(10)16-12(18)20/h4-5H,6H2,1-3H3,(H,16,20)(H,17,19). The Balaban J connectivity index is 2.40. The molecule has 1 amide bonds. The second-order valence-electron chi connectivity index (χ2n) is 5.60. The highest BCUT2D eigenvalue weighted by Gasteiger charge is 2.16. The van der Waals surface area contributed by atoms with Crippen LogP contribution in [-0.2, 0) is 11.3 Å². The molecule has 0 bridgehead atoms. The number of carbonyl (C=O) groups excluding carboxylic acids is 1. The zero-order valence-corrected chi connectivity index (χ0v) is 13.7. The number of benzene rings is 1. The van der Waals surface area contributed by atoms with Crippen molar-refractivity contribution in [2.75, 3.05) is 0 Å². The fourth-order valence-electron chi connectivity index (χ4n) is 1.91. The Hall–Kier alpha value is -1.04. The van der Waals surface area contributed by atoms with E-state index >= 15 is 0 Å². The molecule has 0 saturated heterocycles. The molecule has 0 spiro atoms. The van der Waals surface area contributed by atoms with Crippen molar-refractivity contribution in [3.05, 3.63) is 26.9 Å². The molecule has 4 nitrogen and oxygen atoms in total. The summed E-state index contributed by atoms with van der Waals surface area (Å²) < 4.78 is 2.16. The van der Waals surface area contributed by atoms with Gasteiger partial charge in [0.2, 0.25) is 5.91 Å². The number of rotatable bonds is 2. The highest BCUT2D eigenvalue weighted by molar-refractivity contribution is 7.71. The van der Waals surface area contributed by atoms with Gasteiger partial charge >= 0.3 is 0 Å². The largest absolute Gasteiger partial charge is 0.350 e. The molecule has 2 rings (SSSR count). The maximum Gasteiger partial charge on any atom is 0.240 e. The third-order valence-electron chi connectivity index (χ3n) is 2.63. The van der Waals surface area contributed by atoms with Crippen molar-refractivity contribution in [1.82, 2.24) is 14.9 Å². The average molecular weight is 332 g/mol. The Kier molecular flexibility index (Phi) is 4.14. The van der Waals surface area contributed by atoms with Gasteiger partial charge in [-0.05, 0) is 45.1 Å². The van der Waals surface area contributed by atoms with Gasteiger partial charge in [-0.1, -0.05) is 23.2 Å². The number of fused-ring (bicyclic) bond motifs is 1. The fourth-order valence-corrected chi connectivity index (χ4v) is 2.50. The smallest absolute Gasteiger partial charge is 0.240 e. The molecule has 20 heavy (non-hydrogen) atoms. The minimum atomic E-state index is -0.285. The molecular weight excluding hydrogens is 317 g/mol. The molecular formula is C13H15Cl2N3OS. The molecule has 0 aliphatic rings. The van der Waals surface area contributed by atoms with E-state index in [1.807, 2.05) is 20.8 Å². The Labute approximate surface area is 132 Å². The number of hydrogen-bond donors (Lipinski definition) is 2. The third-order valence-corrected chi connectivity index (χ3v) is 3.68. The summed E-state index contributed by atoms with van der Waals surface area (Å²) in [4.78, 5) is 15.0. The van der Waals surface area contributed by atoms with Crippen LogP contribution in [0.4, 0.5) is 0 Å². The Morgan fingerprint density at radius 3 is 2.55 bits per heavy atom. The van der Waals surface area contributed by atoms with Crippen LogP contribution in [-0.4, -0.2) is 21.0 Å². The fraction of sp³-hybridized carbons (Fsp3) is 0.385. The molecule has 0 fully saturated rings. The summed E-state index contributed by atoms with van der Waals surface area (Å²) in [7, 11) is 0. The summed E-state index contributed by atoms with van der Waals surface area (Å²) in [5.74, 6) is -0.111. The monoisotopic (exact) mass is 331 g/mol. The van der Waals surface area contributed by atoms with Crippen LogP contribution >= 0.6 is 35.4 Å². The number of aromatic nitrogens is 2. The molecule has 7 heteroatoms. The lowest BCUT2D eigenvalue weighted by molar-refractivity contribution is -0.123. The van der Waals surface area contributed by atoms with Crippen LogP contribution in [0, 0.1) is 4.77 Å². The van der Waals surface area contributed by atoms with E-state index in [-0.39, 0.29) is 18.0 Å². The first-order valence-electron chi connectivity index (χ1n) is 6.06. The van der Waals surface area contributed by atoms with Crippen LogP contribution in [0.25, 0.3) is 11.0 Å². The predicted octanol–water partition coefficient (Wildman–Crippen LogP) is 3.92. The molecule has 2 N–H and O–H groups in total. The highest BCUT2D eigenvalue weighted by atomic mass is 35.5. The maximum atomic E-state index is 12.0. The quantitative estimate of drug-likeness (QED) is 0.819. The van der Waals surface area contributed by atoms with Gasteiger partial charge in [0.25, 0.3) is 0 Å². The summed E-state index contributed by atoms with van der Waals surface area (Å²) in [5, 5.41) is 3.77. The van der Waals surface area contributed by atoms with E-state index in [0.717, 1.165) is 11.0 Å². The number of aromatic amines is 1. The van der Waals surface area contributed by atoms with Crippen molar-refractivity contribution in [3.8, 4) is 0 Å². The Bertz CT molecular complexity index is 728. The Morgan fingerprint density at radius 2 is 1.95 bits per heavy atom. The van der Waals surface area contributed by atoms with Crippen molar-refractivity contribution in [2.45, 2.75) is 32.9 Å². The van der Waals surface area contributed by atoms with Gasteiger partial charge in [-0.15, -0.1) is 0 Å². The molecule has 0 aliphatic carbocycles. The van der Waals surface area contributed by atoms with E-state index in [1.165, 1.54) is 0 Å². The van der Waals surface area contributed by atoms with Gasteiger partial charge < -0.3 is 14.9 Å². The third kappa shape index (κ3) is 3.34. The molecule has 0 radical (unpaired) electrons. The lowest BCUT2D eigenvalue weighted by atomic mass is 10.1. The van der Waals surface area contributed by atoms with Crippen LogP contribution in [0.5, 0.6) is 0 Å². The zero-order valence-electron chi connectivity index (χ0n) is 11.4. The minimum absolute atomic E-state index is 0.111. The number of nitrogens with zero attached hydrogens (tertiary/aromatic N) is 1. The molecule has 108 valence electrons. The van der Waals surface area contributed by atoms with Crippen molar-refractivity contribution >= 4 is 52.4 Å². The number of H-pyrrole nitrogens is 1. The molecule has 0 atom stereocenters. The van der Waals surface area contributed by atoms with E-state index in [4.69, 9.17) is 35.4 Å². The van der Waals surface area contributed by atoms with Crippen LogP contribution in [0.2, 0.25) is 10.0 Å². The molecule has 0 unspecified atom stereocenters. The molecule has 1 aromatic heterocycles. The normalized spacial score (nSPS) is 11.8. The lowest BCUT2D eigenvalue weighted by Gasteiger charge is -2.20. The number of nitrogens with one attached hydrogen (secondary N) is 2. The van der Waals surface area contributed by atoms with Gasteiger partial charge in [0, 0.05) is 5.54 Å². The lowest BCUT2D eigenvalue weighted by Crippen LogP contribution is -2.42. The molecule has 1 aromatic carbocycles. The van der Waals surface area contributed by atoms with E-state index in [2.05, 4.69) is 10.3 Å². The van der Waals surface area contributed by atoms with Gasteiger partial charge in [0.15, 0.2) is 4.77 Å². The van der Waals surface area contributed by atoms with E-state index in [1.54, 1.807) is 16.7 Å². The zero-order chi connectivity index (χ0) is 15.1. The summed E-state index contributed by atoms with van der Waals surface area (Å²) in [6.07, 6.45) is 0. The predicted molar refractivity (Wildman–Crippen MR) is 85.0 cm³/mol. The number of halogens is 2. The number of carbonyl (C=O) groups is 1. The second kappa shape index (κ2) is 5.39. The van der Waals surface area contributed by atoms with Crippen LogP contribution in [0.1, 0.15) is 20.8 Å². The molecule has 0 saturated carbocycles. The molecule has 1 heterocycles. The van der Waals surface area contributed by atoms with Crippen LogP contribution in [0.15, 0.2) is 12.1 Å². The van der Waals surface area contributed by atoms with Crippen molar-refractivity contribution in [2.24, 2.45) is 0 Å². The number of amides is 1. The molecule has 0 aliphatic heterocycles. The summed E-state index contributed by atoms with van der Waals surface area (Å²) in [5.41, 5.74) is 1.23. The van der Waals surface area contributed by atoms with Crippen molar-refractivity contribution in [1.29, 1.82) is 0 Å². The number of imidazole rings is 1. The van der Waals surface area contributed by atoms with E-state index < -0.39 is 0 Å². The first-order chi connectivity index (χ1) is 9.17. The van der Waals surface area contributed by atoms with Crippen molar-refractivity contribution < 1.29 is 4.79 Å². The van der Waals surface area contributed by atoms with E-state index in [9.17, 15) is 4.79 Å². The number of hydrogen-bond acceptors (Lipinski definition) is 2. The van der Waals surface area contributed by atoms with Crippen LogP contribution < -0.4 is 5.32 Å². The summed E-state index contributed by atoms with van der Waals surface area (Å²) in [6.45, 7) is 5.91. The second-order valence-corrected chi connectivity index (χ2v) is 6.80. The first-order valence-corrected chi connectivity index (χ1v) is 7.22. The van der Waals surface area contributed by atoms with Gasteiger partial charge in [-0.2, -0.15) is 0 Å². The Morgan fingerprint density at radius 1 is 1.35 bits per heavy atom. The van der Waals surface area contributed by atoms with Crippen molar-refractivity contribution in [3.63, 3.8) is 0 Å². The van der Waals surface area contributed by atoms with Gasteiger partial charge in [0.1, 0.15) is 6.54 Å². The summed E-state index contributed by atoms with van der Waals surface area (Å²) >= 11 is 17.2. The summed E-state index contributed by atoms with van der Waals surface area (Å²) in [6, 6.07) is 3.41. The molecule has 2 aromatic rings. The van der Waals surface area contributed by atoms with E-state index in [0.29, 0.717) is 14.8 Å². The van der Waals surface area contributed by atoms with Gasteiger partial charge in [-0.3, -0.25) is 4.79 Å². The van der Waals surface area contributed by atoms with Gasteiger partial charge in [0.05, 0.1) is 21.1 Å². The SMILES string of the molecule is CC(C)(C)NC(=O)Cn1c(=S)[nH]c2cc(Cl)c(Cl)cc21. The van der Waals surface area contributed by atoms with Crippen LogP contribution in [0.3, 0.4) is 0 Å². The topological polar surface area (TPSA) is 49.8 Å². The van der Waals surface area contributed by atoms with Gasteiger partial charge in [-0.25, -0.2) is 0 Å². The average Bonchev–Trinajstić information content (AvgIpc) is 2.54. The first kappa shape index (κ1) is 15.4. The maximum absolute atomic E-state index is 12.0. The highest BCUT2D eigenvalue weighted by Crippen LogP contribution is 2.27.